The first-order valence-corrected chi connectivity index (χ1v) is 11.0. The number of carbonyl (C=O) groups is 1. The molecule has 0 bridgehead atoms. The molecule has 3 rings (SSSR count). The molecule has 1 aromatic carbocycles. The van der Waals surface area contributed by atoms with Gasteiger partial charge in [-0.05, 0) is 39.3 Å². The van der Waals surface area contributed by atoms with Gasteiger partial charge in [0.05, 0.1) is 12.3 Å². The van der Waals surface area contributed by atoms with Gasteiger partial charge in [0.25, 0.3) is 0 Å². The zero-order chi connectivity index (χ0) is 21.0. The SMILES string of the molecule is Cc1ccc(-c2cnc(OCCc3csc(SC(C)(C)C(=O)O)n3)c(C)c2)cc1. The van der Waals surface area contributed by atoms with Crippen molar-refractivity contribution in [1.82, 2.24) is 9.97 Å². The van der Waals surface area contributed by atoms with Crippen molar-refractivity contribution in [2.75, 3.05) is 6.61 Å². The van der Waals surface area contributed by atoms with Crippen LogP contribution >= 0.6 is 23.1 Å². The molecule has 0 unspecified atom stereocenters. The fourth-order valence-corrected chi connectivity index (χ4v) is 4.81. The summed E-state index contributed by atoms with van der Waals surface area (Å²) < 4.78 is 5.71. The Bertz CT molecular complexity index is 998. The Morgan fingerprint density at radius 2 is 1.93 bits per heavy atom. The van der Waals surface area contributed by atoms with Crippen LogP contribution in [-0.2, 0) is 11.2 Å². The van der Waals surface area contributed by atoms with Crippen molar-refractivity contribution in [3.8, 4) is 17.0 Å². The normalized spacial score (nSPS) is 11.4. The number of thioether (sulfide) groups is 1. The molecule has 0 aliphatic heterocycles. The number of aromatic nitrogens is 2. The highest BCUT2D eigenvalue weighted by Gasteiger charge is 2.29. The first kappa shape index (κ1) is 21.3. The monoisotopic (exact) mass is 428 g/mol. The molecule has 0 saturated heterocycles. The molecule has 0 spiro atoms. The van der Waals surface area contributed by atoms with Gasteiger partial charge in [0.15, 0.2) is 4.34 Å². The third-order valence-corrected chi connectivity index (χ3v) is 6.57. The minimum Gasteiger partial charge on any atom is -0.480 e. The van der Waals surface area contributed by atoms with Gasteiger partial charge in [0.2, 0.25) is 5.88 Å². The van der Waals surface area contributed by atoms with Crippen LogP contribution in [0.1, 0.15) is 30.7 Å². The molecule has 29 heavy (non-hydrogen) atoms. The highest BCUT2D eigenvalue weighted by atomic mass is 32.2. The lowest BCUT2D eigenvalue weighted by Crippen LogP contribution is -2.26. The highest BCUT2D eigenvalue weighted by molar-refractivity contribution is 8.02. The van der Waals surface area contributed by atoms with E-state index in [1.54, 1.807) is 13.8 Å². The lowest BCUT2D eigenvalue weighted by Gasteiger charge is -2.15. The average molecular weight is 429 g/mol. The molecule has 5 nitrogen and oxygen atoms in total. The van der Waals surface area contributed by atoms with E-state index in [1.807, 2.05) is 18.5 Å². The van der Waals surface area contributed by atoms with Crippen molar-refractivity contribution >= 4 is 29.1 Å². The van der Waals surface area contributed by atoms with Gasteiger partial charge in [-0.25, -0.2) is 9.97 Å². The molecule has 2 aromatic heterocycles. The predicted octanol–water partition coefficient (Wildman–Crippen LogP) is 5.40. The number of aryl methyl sites for hydroxylation is 2. The zero-order valence-electron chi connectivity index (χ0n) is 16.9. The van der Waals surface area contributed by atoms with Crippen LogP contribution in [0, 0.1) is 13.8 Å². The van der Waals surface area contributed by atoms with E-state index in [0.717, 1.165) is 26.7 Å². The number of rotatable bonds is 8. The van der Waals surface area contributed by atoms with E-state index < -0.39 is 10.7 Å². The minimum absolute atomic E-state index is 0.466. The highest BCUT2D eigenvalue weighted by Crippen LogP contribution is 2.34. The Morgan fingerprint density at radius 1 is 1.21 bits per heavy atom. The molecule has 152 valence electrons. The van der Waals surface area contributed by atoms with Crippen molar-refractivity contribution in [3.05, 3.63) is 58.7 Å². The number of hydrogen-bond acceptors (Lipinski definition) is 6. The van der Waals surface area contributed by atoms with Crippen molar-refractivity contribution in [1.29, 1.82) is 0 Å². The molecule has 0 amide bonds. The molecule has 7 heteroatoms. The van der Waals surface area contributed by atoms with Crippen LogP contribution in [0.3, 0.4) is 0 Å². The Labute approximate surface area is 179 Å². The number of thiazole rings is 1. The number of nitrogens with zero attached hydrogens (tertiary/aromatic N) is 2. The topological polar surface area (TPSA) is 72.3 Å². The largest absolute Gasteiger partial charge is 0.480 e. The molecular weight excluding hydrogens is 404 g/mol. The van der Waals surface area contributed by atoms with E-state index in [1.165, 1.54) is 28.7 Å². The molecular formula is C22H24N2O3S2. The average Bonchev–Trinajstić information content (AvgIpc) is 3.10. The maximum atomic E-state index is 11.3. The van der Waals surface area contributed by atoms with Crippen LogP contribution in [0.15, 0.2) is 46.2 Å². The number of benzene rings is 1. The summed E-state index contributed by atoms with van der Waals surface area (Å²) in [5.74, 6) is -0.226. The van der Waals surface area contributed by atoms with Crippen LogP contribution in [0.2, 0.25) is 0 Å². The lowest BCUT2D eigenvalue weighted by atomic mass is 10.0. The van der Waals surface area contributed by atoms with E-state index in [-0.39, 0.29) is 0 Å². The van der Waals surface area contributed by atoms with Crippen molar-refractivity contribution in [2.45, 2.75) is 43.2 Å². The van der Waals surface area contributed by atoms with Gasteiger partial charge in [0, 0.05) is 29.1 Å². The Hall–Kier alpha value is -2.38. The van der Waals surface area contributed by atoms with Crippen LogP contribution in [0.5, 0.6) is 5.88 Å². The second kappa shape index (κ2) is 8.97. The van der Waals surface area contributed by atoms with Gasteiger partial charge in [-0.15, -0.1) is 11.3 Å². The molecule has 0 fully saturated rings. The maximum Gasteiger partial charge on any atom is 0.319 e. The van der Waals surface area contributed by atoms with Gasteiger partial charge in [-0.2, -0.15) is 0 Å². The van der Waals surface area contributed by atoms with Crippen molar-refractivity contribution < 1.29 is 14.6 Å². The summed E-state index contributed by atoms with van der Waals surface area (Å²) in [7, 11) is 0. The summed E-state index contributed by atoms with van der Waals surface area (Å²) in [6.07, 6.45) is 2.48. The number of carboxylic acid groups (broad SMARTS) is 1. The predicted molar refractivity (Wildman–Crippen MR) is 118 cm³/mol. The van der Waals surface area contributed by atoms with Gasteiger partial charge in [-0.1, -0.05) is 41.6 Å². The van der Waals surface area contributed by atoms with Crippen molar-refractivity contribution in [2.24, 2.45) is 0 Å². The number of pyridine rings is 1. The molecule has 3 aromatic rings. The molecule has 2 heterocycles. The Morgan fingerprint density at radius 3 is 2.59 bits per heavy atom. The van der Waals surface area contributed by atoms with E-state index in [4.69, 9.17) is 4.74 Å². The molecule has 1 N–H and O–H groups in total. The van der Waals surface area contributed by atoms with E-state index in [0.29, 0.717) is 18.9 Å². The number of ether oxygens (including phenoxy) is 1. The summed E-state index contributed by atoms with van der Waals surface area (Å²) in [4.78, 5) is 20.2. The van der Waals surface area contributed by atoms with Crippen LogP contribution in [0.25, 0.3) is 11.1 Å². The van der Waals surface area contributed by atoms with Crippen molar-refractivity contribution in [3.63, 3.8) is 0 Å². The fraction of sp³-hybridized carbons (Fsp3) is 0.318. The van der Waals surface area contributed by atoms with Gasteiger partial charge in [-0.3, -0.25) is 4.79 Å². The summed E-state index contributed by atoms with van der Waals surface area (Å²) in [5, 5.41) is 11.2. The molecule has 0 aliphatic carbocycles. The third-order valence-electron chi connectivity index (χ3n) is 4.40. The summed E-state index contributed by atoms with van der Waals surface area (Å²) >= 11 is 2.72. The molecule has 0 aliphatic rings. The second-order valence-electron chi connectivity index (χ2n) is 7.33. The van der Waals surface area contributed by atoms with E-state index in [2.05, 4.69) is 47.2 Å². The first-order chi connectivity index (χ1) is 13.7. The molecule has 0 saturated carbocycles. The Kier molecular flexibility index (Phi) is 6.59. The van der Waals surface area contributed by atoms with E-state index >= 15 is 0 Å². The molecule has 0 radical (unpaired) electrons. The van der Waals surface area contributed by atoms with Gasteiger partial charge in [0.1, 0.15) is 4.75 Å². The zero-order valence-corrected chi connectivity index (χ0v) is 18.6. The van der Waals surface area contributed by atoms with E-state index in [9.17, 15) is 9.90 Å². The summed E-state index contributed by atoms with van der Waals surface area (Å²) in [6.45, 7) is 7.89. The fourth-order valence-electron chi connectivity index (χ4n) is 2.58. The third kappa shape index (κ3) is 5.58. The standard InChI is InChI=1S/C22H24N2O3S2/c1-14-5-7-16(8-6-14)17-11-15(2)19(23-12-17)27-10-9-18-13-28-21(24-18)29-22(3,4)20(25)26/h5-8,11-13H,9-10H2,1-4H3,(H,25,26). The second-order valence-corrected chi connectivity index (χ2v) is 10.1. The summed E-state index contributed by atoms with van der Waals surface area (Å²) in [5.41, 5.74) is 5.31. The number of aliphatic carboxylic acids is 1. The first-order valence-electron chi connectivity index (χ1n) is 9.28. The smallest absolute Gasteiger partial charge is 0.319 e. The molecule has 0 atom stereocenters. The lowest BCUT2D eigenvalue weighted by molar-refractivity contribution is -0.138. The van der Waals surface area contributed by atoms with Gasteiger partial charge < -0.3 is 9.84 Å². The minimum atomic E-state index is -0.897. The van der Waals surface area contributed by atoms with Crippen LogP contribution < -0.4 is 4.74 Å². The Balaban J connectivity index is 1.57. The van der Waals surface area contributed by atoms with Crippen LogP contribution in [0.4, 0.5) is 0 Å². The quantitative estimate of drug-likeness (QED) is 0.484. The maximum absolute atomic E-state index is 11.3. The van der Waals surface area contributed by atoms with Crippen LogP contribution in [-0.4, -0.2) is 32.4 Å². The van der Waals surface area contributed by atoms with Gasteiger partial charge >= 0.3 is 5.97 Å². The summed E-state index contributed by atoms with van der Waals surface area (Å²) in [6, 6.07) is 10.4. The number of hydrogen-bond donors (Lipinski definition) is 1. The number of carboxylic acids is 1.